The van der Waals surface area contributed by atoms with Crippen LogP contribution in [0.3, 0.4) is 0 Å². The van der Waals surface area contributed by atoms with Crippen LogP contribution in [-0.2, 0) is 0 Å². The van der Waals surface area contributed by atoms with E-state index in [0.717, 1.165) is 0 Å². The van der Waals surface area contributed by atoms with Crippen LogP contribution in [0.4, 0.5) is 0 Å². The Balaban J connectivity index is 2.15. The second-order valence-electron chi connectivity index (χ2n) is 3.49. The van der Waals surface area contributed by atoms with Crippen molar-refractivity contribution in [2.45, 2.75) is 0 Å². The molecule has 2 aromatic carbocycles. The zero-order valence-electron chi connectivity index (χ0n) is 9.67. The molecule has 0 aromatic heterocycles. The fraction of sp³-hybridized carbons (Fsp3) is 0.0667. The molecule has 0 aliphatic heterocycles. The van der Waals surface area contributed by atoms with Gasteiger partial charge in [0.05, 0.1) is 0 Å². The number of benzene rings is 2. The summed E-state index contributed by atoms with van der Waals surface area (Å²) in [7, 11) is 0. The van der Waals surface area contributed by atoms with E-state index in [4.69, 9.17) is 0 Å². The molecule has 0 atom stereocenters. The summed E-state index contributed by atoms with van der Waals surface area (Å²) in [5.41, 5.74) is 1.30. The van der Waals surface area contributed by atoms with Crippen LogP contribution in [0.25, 0.3) is 6.08 Å². The van der Waals surface area contributed by atoms with Gasteiger partial charge in [-0.05, 0) is 0 Å². The molecule has 0 amide bonds. The van der Waals surface area contributed by atoms with Crippen LogP contribution in [-0.4, -0.2) is 27.2 Å². The Kier molecular flexibility index (Phi) is 5.19. The summed E-state index contributed by atoms with van der Waals surface area (Å²) in [4.78, 5) is 0. The number of hydrogen-bond donors (Lipinski definition) is 0. The second kappa shape index (κ2) is 6.91. The van der Waals surface area contributed by atoms with Gasteiger partial charge >= 0.3 is 118 Å². The first kappa shape index (κ1) is 12.8. The van der Waals surface area contributed by atoms with E-state index >= 15 is 0 Å². The molecule has 0 N–H and O–H groups in total. The maximum absolute atomic E-state index is 2.32. The second-order valence-corrected chi connectivity index (χ2v) is 8.33. The number of hydrogen-bond acceptors (Lipinski definition) is 1. The van der Waals surface area contributed by atoms with Crippen LogP contribution in [0.5, 0.6) is 0 Å². The van der Waals surface area contributed by atoms with Gasteiger partial charge < -0.3 is 0 Å². The summed E-state index contributed by atoms with van der Waals surface area (Å²) in [6.45, 7) is 0. The SMILES string of the molecule is CS/C(=C/c1ccccc1)[Te]c1ccccc1. The van der Waals surface area contributed by atoms with Gasteiger partial charge in [0.1, 0.15) is 0 Å². The van der Waals surface area contributed by atoms with E-state index in [1.807, 2.05) is 11.8 Å². The van der Waals surface area contributed by atoms with E-state index < -0.39 is 0 Å². The van der Waals surface area contributed by atoms with Crippen molar-refractivity contribution < 1.29 is 0 Å². The Morgan fingerprint density at radius 1 is 0.941 bits per heavy atom. The molecule has 0 bridgehead atoms. The first-order valence-corrected chi connectivity index (χ1v) is 8.97. The van der Waals surface area contributed by atoms with Crippen LogP contribution < -0.4 is 3.61 Å². The molecule has 2 aromatic rings. The molecule has 2 rings (SSSR count). The molecule has 86 valence electrons. The first-order chi connectivity index (χ1) is 8.38. The normalized spacial score (nSPS) is 11.5. The fourth-order valence-electron chi connectivity index (χ4n) is 1.42. The van der Waals surface area contributed by atoms with Gasteiger partial charge in [-0.3, -0.25) is 0 Å². The molecule has 0 aliphatic rings. The number of thioether (sulfide) groups is 1. The minimum atomic E-state index is -0.232. The summed E-state index contributed by atoms with van der Waals surface area (Å²) >= 11 is 1.65. The van der Waals surface area contributed by atoms with Gasteiger partial charge in [0.25, 0.3) is 0 Å². The molecule has 0 spiro atoms. The molecule has 0 nitrogen and oxygen atoms in total. The van der Waals surface area contributed by atoms with Crippen molar-refractivity contribution >= 4 is 42.4 Å². The Morgan fingerprint density at radius 3 is 2.12 bits per heavy atom. The molecule has 2 heteroatoms. The van der Waals surface area contributed by atoms with Crippen LogP contribution in [0.15, 0.2) is 63.6 Å². The number of rotatable bonds is 4. The van der Waals surface area contributed by atoms with E-state index in [1.165, 1.54) is 12.1 Å². The van der Waals surface area contributed by atoms with E-state index in [9.17, 15) is 0 Å². The van der Waals surface area contributed by atoms with Gasteiger partial charge in [0, 0.05) is 0 Å². The quantitative estimate of drug-likeness (QED) is 0.759. The van der Waals surface area contributed by atoms with Crippen molar-refractivity contribution in [3.63, 3.8) is 0 Å². The van der Waals surface area contributed by atoms with Crippen LogP contribution in [0.1, 0.15) is 5.56 Å². The first-order valence-electron chi connectivity index (χ1n) is 5.42. The zero-order valence-corrected chi connectivity index (χ0v) is 12.8. The molecule has 0 unspecified atom stereocenters. The Morgan fingerprint density at radius 2 is 1.53 bits per heavy atom. The van der Waals surface area contributed by atoms with E-state index in [0.29, 0.717) is 0 Å². The summed E-state index contributed by atoms with van der Waals surface area (Å²) in [5.74, 6) is 0. The van der Waals surface area contributed by atoms with Crippen molar-refractivity contribution in [2.75, 3.05) is 6.26 Å². The average Bonchev–Trinajstić information content (AvgIpc) is 2.40. The van der Waals surface area contributed by atoms with Gasteiger partial charge in [-0.1, -0.05) is 0 Å². The van der Waals surface area contributed by atoms with Crippen molar-refractivity contribution in [3.05, 3.63) is 69.2 Å². The Bertz CT molecular complexity index is 477. The third-order valence-corrected chi connectivity index (χ3v) is 7.11. The molecule has 0 fully saturated rings. The standard InChI is InChI=1S/C15H14STe/c1-16-15(12-13-8-4-2-5-9-13)17-14-10-6-3-7-11-14/h2-12H,1H3/b15-12-. The van der Waals surface area contributed by atoms with Gasteiger partial charge in [-0.15, -0.1) is 0 Å². The Labute approximate surface area is 117 Å². The summed E-state index contributed by atoms with van der Waals surface area (Å²) in [6, 6.07) is 21.4. The molecule has 0 heterocycles. The summed E-state index contributed by atoms with van der Waals surface area (Å²) < 4.78 is 3.02. The zero-order chi connectivity index (χ0) is 11.9. The molecule has 0 radical (unpaired) electrons. The molecular formula is C15H14STe. The predicted molar refractivity (Wildman–Crippen MR) is 79.8 cm³/mol. The van der Waals surface area contributed by atoms with Crippen molar-refractivity contribution in [2.24, 2.45) is 0 Å². The molecule has 0 saturated carbocycles. The van der Waals surface area contributed by atoms with Crippen LogP contribution in [0.2, 0.25) is 0 Å². The molecular weight excluding hydrogens is 340 g/mol. The Hall–Kier alpha value is -0.680. The van der Waals surface area contributed by atoms with Gasteiger partial charge in [-0.25, -0.2) is 0 Å². The maximum atomic E-state index is 2.32. The third kappa shape index (κ3) is 4.24. The van der Waals surface area contributed by atoms with E-state index in [-0.39, 0.29) is 20.9 Å². The third-order valence-electron chi connectivity index (χ3n) is 2.25. The van der Waals surface area contributed by atoms with E-state index in [1.54, 1.807) is 0 Å². The molecule has 17 heavy (non-hydrogen) atoms. The van der Waals surface area contributed by atoms with Crippen LogP contribution >= 0.6 is 11.8 Å². The minimum absolute atomic E-state index is 0.232. The van der Waals surface area contributed by atoms with Gasteiger partial charge in [-0.2, -0.15) is 0 Å². The fourth-order valence-corrected chi connectivity index (χ4v) is 5.17. The van der Waals surface area contributed by atoms with Crippen molar-refractivity contribution in [3.8, 4) is 0 Å². The molecule has 0 aliphatic carbocycles. The topological polar surface area (TPSA) is 0 Å². The summed E-state index contributed by atoms with van der Waals surface area (Å²) in [6.07, 6.45) is 4.49. The summed E-state index contributed by atoms with van der Waals surface area (Å²) in [5, 5.41) is 0. The average molecular weight is 354 g/mol. The monoisotopic (exact) mass is 356 g/mol. The van der Waals surface area contributed by atoms with Gasteiger partial charge in [0.15, 0.2) is 0 Å². The predicted octanol–water partition coefficient (Wildman–Crippen LogP) is 3.38. The van der Waals surface area contributed by atoms with E-state index in [2.05, 4.69) is 73.0 Å². The van der Waals surface area contributed by atoms with Crippen molar-refractivity contribution in [1.82, 2.24) is 0 Å². The van der Waals surface area contributed by atoms with Crippen LogP contribution in [0, 0.1) is 0 Å². The van der Waals surface area contributed by atoms with Gasteiger partial charge in [0.2, 0.25) is 0 Å². The molecule has 0 saturated heterocycles. The van der Waals surface area contributed by atoms with Crippen molar-refractivity contribution in [1.29, 1.82) is 0 Å².